The molecule has 2 nitrogen and oxygen atoms in total. The van der Waals surface area contributed by atoms with Gasteiger partial charge in [0.2, 0.25) is 0 Å². The minimum atomic E-state index is -0.0806. The van der Waals surface area contributed by atoms with Gasteiger partial charge in [-0.15, -0.1) is 0 Å². The van der Waals surface area contributed by atoms with Crippen molar-refractivity contribution in [3.8, 4) is 0 Å². The lowest BCUT2D eigenvalue weighted by molar-refractivity contribution is 0.0970. The molecule has 0 aliphatic carbocycles. The molecule has 2 heteroatoms. The molecule has 0 unspecified atom stereocenters. The third-order valence-electron chi connectivity index (χ3n) is 3.06. The Labute approximate surface area is 113 Å². The normalized spacial score (nSPS) is 10.6. The molecule has 1 N–H and O–H groups in total. The summed E-state index contributed by atoms with van der Waals surface area (Å²) in [7, 11) is 0. The van der Waals surface area contributed by atoms with Gasteiger partial charge < -0.3 is 5.32 Å². The molecule has 0 atom stereocenters. The van der Waals surface area contributed by atoms with E-state index in [9.17, 15) is 4.79 Å². The van der Waals surface area contributed by atoms with Gasteiger partial charge in [-0.2, -0.15) is 0 Å². The highest BCUT2D eigenvalue weighted by Crippen LogP contribution is 2.09. The third-order valence-corrected chi connectivity index (χ3v) is 3.06. The minimum Gasteiger partial charge on any atom is -0.329 e. The number of amides is 1. The standard InChI is InChI=1S/C17H17NO/c1-13-7-3-5-9-15(13)11-12-18-17(19)16-10-6-4-8-14(16)2/h3-12H,1-2H3,(H,18,19)/b12-11+. The van der Waals surface area contributed by atoms with E-state index in [-0.39, 0.29) is 5.91 Å². The number of aryl methyl sites for hydroxylation is 2. The van der Waals surface area contributed by atoms with Crippen molar-refractivity contribution in [1.82, 2.24) is 5.32 Å². The number of carbonyl (C=O) groups is 1. The summed E-state index contributed by atoms with van der Waals surface area (Å²) in [5.74, 6) is -0.0806. The van der Waals surface area contributed by atoms with Crippen molar-refractivity contribution in [2.24, 2.45) is 0 Å². The van der Waals surface area contributed by atoms with Crippen LogP contribution in [0.2, 0.25) is 0 Å². The second-order valence-corrected chi connectivity index (χ2v) is 4.48. The molecule has 0 radical (unpaired) electrons. The van der Waals surface area contributed by atoms with Gasteiger partial charge in [0, 0.05) is 11.8 Å². The van der Waals surface area contributed by atoms with Crippen molar-refractivity contribution in [2.45, 2.75) is 13.8 Å². The van der Waals surface area contributed by atoms with Crippen LogP contribution in [0.5, 0.6) is 0 Å². The summed E-state index contributed by atoms with van der Waals surface area (Å²) in [5, 5.41) is 2.80. The molecule has 0 aliphatic rings. The number of hydrogen-bond donors (Lipinski definition) is 1. The van der Waals surface area contributed by atoms with E-state index in [0.717, 1.165) is 11.1 Å². The van der Waals surface area contributed by atoms with E-state index in [4.69, 9.17) is 0 Å². The molecular formula is C17H17NO. The Hall–Kier alpha value is -2.35. The highest BCUT2D eigenvalue weighted by Gasteiger charge is 2.05. The molecule has 0 saturated carbocycles. The van der Waals surface area contributed by atoms with E-state index in [2.05, 4.69) is 5.32 Å². The maximum absolute atomic E-state index is 12.0. The Morgan fingerprint density at radius 2 is 1.58 bits per heavy atom. The zero-order chi connectivity index (χ0) is 13.7. The molecule has 1 amide bonds. The molecule has 96 valence electrons. The first-order valence-electron chi connectivity index (χ1n) is 6.27. The summed E-state index contributed by atoms with van der Waals surface area (Å²) in [6, 6.07) is 15.6. The highest BCUT2D eigenvalue weighted by atomic mass is 16.1. The van der Waals surface area contributed by atoms with Gasteiger partial charge in [0.25, 0.3) is 5.91 Å². The van der Waals surface area contributed by atoms with Gasteiger partial charge >= 0.3 is 0 Å². The Morgan fingerprint density at radius 3 is 2.26 bits per heavy atom. The van der Waals surface area contributed by atoms with Gasteiger partial charge in [0.1, 0.15) is 0 Å². The highest BCUT2D eigenvalue weighted by molar-refractivity contribution is 5.96. The van der Waals surface area contributed by atoms with Crippen LogP contribution in [0, 0.1) is 13.8 Å². The second-order valence-electron chi connectivity index (χ2n) is 4.48. The lowest BCUT2D eigenvalue weighted by Gasteiger charge is -2.04. The molecule has 0 bridgehead atoms. The van der Waals surface area contributed by atoms with E-state index < -0.39 is 0 Å². The molecule has 19 heavy (non-hydrogen) atoms. The van der Waals surface area contributed by atoms with Crippen LogP contribution < -0.4 is 5.32 Å². The maximum atomic E-state index is 12.0. The smallest absolute Gasteiger partial charge is 0.255 e. The number of rotatable bonds is 3. The summed E-state index contributed by atoms with van der Waals surface area (Å²) in [6.07, 6.45) is 3.60. The summed E-state index contributed by atoms with van der Waals surface area (Å²) >= 11 is 0. The molecule has 2 rings (SSSR count). The van der Waals surface area contributed by atoms with Crippen LogP contribution in [0.4, 0.5) is 0 Å². The molecule has 2 aromatic carbocycles. The molecule has 0 aliphatic heterocycles. The first-order valence-corrected chi connectivity index (χ1v) is 6.27. The molecule has 0 saturated heterocycles. The lowest BCUT2D eigenvalue weighted by Crippen LogP contribution is -2.17. The largest absolute Gasteiger partial charge is 0.329 e. The topological polar surface area (TPSA) is 29.1 Å². The van der Waals surface area contributed by atoms with Crippen molar-refractivity contribution in [3.05, 3.63) is 77.0 Å². The van der Waals surface area contributed by atoms with Crippen molar-refractivity contribution >= 4 is 12.0 Å². The van der Waals surface area contributed by atoms with Crippen molar-refractivity contribution in [2.75, 3.05) is 0 Å². The van der Waals surface area contributed by atoms with Gasteiger partial charge in [0.05, 0.1) is 0 Å². The minimum absolute atomic E-state index is 0.0806. The Morgan fingerprint density at radius 1 is 0.947 bits per heavy atom. The Bertz CT molecular complexity index is 614. The number of hydrogen-bond acceptors (Lipinski definition) is 1. The molecule has 0 fully saturated rings. The van der Waals surface area contributed by atoms with Crippen molar-refractivity contribution in [1.29, 1.82) is 0 Å². The van der Waals surface area contributed by atoms with E-state index in [0.29, 0.717) is 5.56 Å². The van der Waals surface area contributed by atoms with Crippen LogP contribution >= 0.6 is 0 Å². The summed E-state index contributed by atoms with van der Waals surface area (Å²) < 4.78 is 0. The SMILES string of the molecule is Cc1ccccc1/C=C/NC(=O)c1ccccc1C. The van der Waals surface area contributed by atoms with Gasteiger partial charge in [0.15, 0.2) is 0 Å². The van der Waals surface area contributed by atoms with E-state index in [1.165, 1.54) is 5.56 Å². The van der Waals surface area contributed by atoms with Gasteiger partial charge in [-0.25, -0.2) is 0 Å². The molecular weight excluding hydrogens is 234 g/mol. The zero-order valence-corrected chi connectivity index (χ0v) is 11.2. The lowest BCUT2D eigenvalue weighted by atomic mass is 10.1. The third kappa shape index (κ3) is 3.32. The number of carbonyl (C=O) groups excluding carboxylic acids is 1. The average molecular weight is 251 g/mol. The van der Waals surface area contributed by atoms with Gasteiger partial charge in [-0.3, -0.25) is 4.79 Å². The maximum Gasteiger partial charge on any atom is 0.255 e. The van der Waals surface area contributed by atoms with Crippen LogP contribution in [-0.2, 0) is 0 Å². The van der Waals surface area contributed by atoms with E-state index >= 15 is 0 Å². The zero-order valence-electron chi connectivity index (χ0n) is 11.2. The fourth-order valence-electron chi connectivity index (χ4n) is 1.89. The van der Waals surface area contributed by atoms with Crippen molar-refractivity contribution < 1.29 is 4.79 Å². The van der Waals surface area contributed by atoms with Crippen molar-refractivity contribution in [3.63, 3.8) is 0 Å². The first kappa shape index (κ1) is 13.1. The molecule has 0 heterocycles. The van der Waals surface area contributed by atoms with Crippen LogP contribution in [0.15, 0.2) is 54.7 Å². The number of nitrogens with one attached hydrogen (secondary N) is 1. The average Bonchev–Trinajstić information content (AvgIpc) is 2.41. The Kier molecular flexibility index (Phi) is 4.14. The van der Waals surface area contributed by atoms with Crippen LogP contribution in [-0.4, -0.2) is 5.91 Å². The predicted octanol–water partition coefficient (Wildman–Crippen LogP) is 3.70. The van der Waals surface area contributed by atoms with Crippen LogP contribution in [0.1, 0.15) is 27.0 Å². The second kappa shape index (κ2) is 6.01. The molecule has 0 aromatic heterocycles. The van der Waals surface area contributed by atoms with E-state index in [1.54, 1.807) is 6.20 Å². The Balaban J connectivity index is 2.06. The van der Waals surface area contributed by atoms with Gasteiger partial charge in [-0.05, 0) is 42.7 Å². The predicted molar refractivity (Wildman–Crippen MR) is 78.9 cm³/mol. The van der Waals surface area contributed by atoms with Gasteiger partial charge in [-0.1, -0.05) is 42.5 Å². The van der Waals surface area contributed by atoms with E-state index in [1.807, 2.05) is 68.5 Å². The molecule has 2 aromatic rings. The fourth-order valence-corrected chi connectivity index (χ4v) is 1.89. The molecule has 0 spiro atoms. The first-order chi connectivity index (χ1) is 9.18. The summed E-state index contributed by atoms with van der Waals surface area (Å²) in [5.41, 5.74) is 3.97. The monoisotopic (exact) mass is 251 g/mol. The van der Waals surface area contributed by atoms with Crippen LogP contribution in [0.25, 0.3) is 6.08 Å². The quantitative estimate of drug-likeness (QED) is 0.885. The number of benzene rings is 2. The van der Waals surface area contributed by atoms with Crippen LogP contribution in [0.3, 0.4) is 0 Å². The summed E-state index contributed by atoms with van der Waals surface area (Å²) in [4.78, 5) is 12.0. The summed E-state index contributed by atoms with van der Waals surface area (Å²) in [6.45, 7) is 3.98. The fraction of sp³-hybridized carbons (Fsp3) is 0.118.